The van der Waals surface area contributed by atoms with Gasteiger partial charge in [-0.1, -0.05) is 40.9 Å². The van der Waals surface area contributed by atoms with Crippen LogP contribution in [0.2, 0.25) is 15.1 Å². The molecule has 0 radical (unpaired) electrons. The van der Waals surface area contributed by atoms with Crippen LogP contribution < -0.4 is 5.32 Å². The Bertz CT molecular complexity index is 866. The molecular weight excluding hydrogens is 345 g/mol. The van der Waals surface area contributed by atoms with Gasteiger partial charge >= 0.3 is 0 Å². The molecule has 2 aromatic heterocycles. The Balaban J connectivity index is 2.03. The molecule has 2 heterocycles. The molecule has 112 valence electrons. The largest absolute Gasteiger partial charge is 0.318 e. The summed E-state index contributed by atoms with van der Waals surface area (Å²) in [6.45, 7) is 1.77. The Morgan fingerprint density at radius 3 is 2.55 bits per heavy atom. The van der Waals surface area contributed by atoms with E-state index < -0.39 is 0 Å². The molecule has 1 N–H and O–H groups in total. The minimum Gasteiger partial charge on any atom is -0.318 e. The van der Waals surface area contributed by atoms with Crippen molar-refractivity contribution in [3.05, 3.63) is 63.0 Å². The number of pyridine rings is 1. The van der Waals surface area contributed by atoms with Crippen LogP contribution in [0.15, 0.2) is 36.5 Å². The van der Waals surface area contributed by atoms with Crippen molar-refractivity contribution in [2.75, 3.05) is 5.32 Å². The number of imidazole rings is 1. The molecule has 0 atom stereocenters. The van der Waals surface area contributed by atoms with Crippen molar-refractivity contribution < 1.29 is 4.79 Å². The molecule has 3 rings (SSSR count). The van der Waals surface area contributed by atoms with Crippen molar-refractivity contribution in [3.63, 3.8) is 0 Å². The maximum absolute atomic E-state index is 12.6. The Morgan fingerprint density at radius 1 is 1.18 bits per heavy atom. The van der Waals surface area contributed by atoms with Crippen LogP contribution in [0.4, 0.5) is 5.69 Å². The molecule has 1 aromatic carbocycles. The average molecular weight is 355 g/mol. The van der Waals surface area contributed by atoms with E-state index in [1.165, 1.54) is 12.1 Å². The molecule has 0 bridgehead atoms. The maximum Gasteiger partial charge on any atom is 0.274 e. The fourth-order valence-electron chi connectivity index (χ4n) is 2.22. The monoisotopic (exact) mass is 353 g/mol. The fraction of sp³-hybridized carbons (Fsp3) is 0.0667. The first kappa shape index (κ1) is 15.2. The van der Waals surface area contributed by atoms with Gasteiger partial charge < -0.3 is 5.32 Å². The lowest BCUT2D eigenvalue weighted by Crippen LogP contribution is -2.16. The summed E-state index contributed by atoms with van der Waals surface area (Å²) in [4.78, 5) is 16.9. The Kier molecular flexibility index (Phi) is 4.00. The first-order chi connectivity index (χ1) is 10.5. The standard InChI is InChI=1S/C15H10Cl3N3O/c1-8-14(21-5-3-2-4-12(21)19-8)15(22)20-13-10(17)6-9(16)7-11(13)18/h2-7H,1H3,(H,20,22). The highest BCUT2D eigenvalue weighted by molar-refractivity contribution is 6.42. The maximum atomic E-state index is 12.6. The molecule has 0 spiro atoms. The summed E-state index contributed by atoms with van der Waals surface area (Å²) in [6.07, 6.45) is 1.77. The van der Waals surface area contributed by atoms with E-state index in [-0.39, 0.29) is 16.0 Å². The second-order valence-electron chi connectivity index (χ2n) is 4.67. The van der Waals surface area contributed by atoms with Gasteiger partial charge in [-0.2, -0.15) is 0 Å². The number of hydrogen-bond acceptors (Lipinski definition) is 2. The third-order valence-electron chi connectivity index (χ3n) is 3.16. The molecule has 1 amide bonds. The Morgan fingerprint density at radius 2 is 1.86 bits per heavy atom. The topological polar surface area (TPSA) is 46.4 Å². The average Bonchev–Trinajstić information content (AvgIpc) is 2.78. The van der Waals surface area contributed by atoms with Crippen molar-refractivity contribution in [2.24, 2.45) is 0 Å². The van der Waals surface area contributed by atoms with E-state index in [9.17, 15) is 4.79 Å². The van der Waals surface area contributed by atoms with E-state index in [0.29, 0.717) is 27.7 Å². The highest BCUT2D eigenvalue weighted by atomic mass is 35.5. The zero-order chi connectivity index (χ0) is 15.9. The molecule has 0 fully saturated rings. The summed E-state index contributed by atoms with van der Waals surface area (Å²) in [5, 5.41) is 3.67. The molecule has 0 aliphatic rings. The molecule has 0 saturated carbocycles. The van der Waals surface area contributed by atoms with Gasteiger partial charge in [0.25, 0.3) is 5.91 Å². The van der Waals surface area contributed by atoms with Crippen LogP contribution in [0.3, 0.4) is 0 Å². The Hall–Kier alpha value is -1.75. The first-order valence-corrected chi connectivity index (χ1v) is 7.50. The number of aromatic nitrogens is 2. The normalized spacial score (nSPS) is 10.9. The number of hydrogen-bond donors (Lipinski definition) is 1. The minimum atomic E-state index is -0.345. The molecular formula is C15H10Cl3N3O. The second-order valence-corrected chi connectivity index (χ2v) is 5.92. The van der Waals surface area contributed by atoms with Crippen LogP contribution in [0, 0.1) is 6.92 Å². The van der Waals surface area contributed by atoms with Gasteiger partial charge in [0.15, 0.2) is 0 Å². The van der Waals surface area contributed by atoms with Gasteiger partial charge in [0.2, 0.25) is 0 Å². The number of benzene rings is 1. The fourth-order valence-corrected chi connectivity index (χ4v) is 3.13. The zero-order valence-electron chi connectivity index (χ0n) is 11.4. The van der Waals surface area contributed by atoms with Gasteiger partial charge in [-0.15, -0.1) is 0 Å². The highest BCUT2D eigenvalue weighted by Crippen LogP contribution is 2.34. The van der Waals surface area contributed by atoms with Gasteiger partial charge in [0.05, 0.1) is 21.4 Å². The van der Waals surface area contributed by atoms with Gasteiger partial charge in [0.1, 0.15) is 11.3 Å². The van der Waals surface area contributed by atoms with Crippen molar-refractivity contribution >= 4 is 52.0 Å². The minimum absolute atomic E-state index is 0.275. The van der Waals surface area contributed by atoms with Crippen molar-refractivity contribution in [1.29, 1.82) is 0 Å². The van der Waals surface area contributed by atoms with Gasteiger partial charge in [0, 0.05) is 11.2 Å². The van der Waals surface area contributed by atoms with Crippen molar-refractivity contribution in [1.82, 2.24) is 9.38 Å². The molecule has 4 nitrogen and oxygen atoms in total. The summed E-state index contributed by atoms with van der Waals surface area (Å²) in [5.74, 6) is -0.345. The van der Waals surface area contributed by atoms with E-state index in [4.69, 9.17) is 34.8 Å². The van der Waals surface area contributed by atoms with Crippen LogP contribution in [0.1, 0.15) is 16.2 Å². The number of anilines is 1. The molecule has 22 heavy (non-hydrogen) atoms. The van der Waals surface area contributed by atoms with Gasteiger partial charge in [-0.3, -0.25) is 9.20 Å². The number of halogens is 3. The lowest BCUT2D eigenvalue weighted by Gasteiger charge is -2.10. The summed E-state index contributed by atoms with van der Waals surface area (Å²) in [6, 6.07) is 8.55. The van der Waals surface area contributed by atoms with Crippen LogP contribution >= 0.6 is 34.8 Å². The zero-order valence-corrected chi connectivity index (χ0v) is 13.7. The predicted octanol–water partition coefficient (Wildman–Crippen LogP) is 4.86. The molecule has 0 aliphatic heterocycles. The quantitative estimate of drug-likeness (QED) is 0.714. The number of carbonyl (C=O) groups excluding carboxylic acids is 1. The molecule has 0 saturated heterocycles. The summed E-state index contributed by atoms with van der Waals surface area (Å²) in [7, 11) is 0. The van der Waals surface area contributed by atoms with E-state index in [0.717, 1.165) is 0 Å². The number of aryl methyl sites for hydroxylation is 1. The van der Waals surface area contributed by atoms with Crippen molar-refractivity contribution in [3.8, 4) is 0 Å². The summed E-state index contributed by atoms with van der Waals surface area (Å²) in [5.41, 5.74) is 2.06. The lowest BCUT2D eigenvalue weighted by molar-refractivity contribution is 0.102. The third-order valence-corrected chi connectivity index (χ3v) is 3.98. The van der Waals surface area contributed by atoms with Crippen LogP contribution in [0.5, 0.6) is 0 Å². The number of fused-ring (bicyclic) bond motifs is 1. The number of rotatable bonds is 2. The van der Waals surface area contributed by atoms with E-state index >= 15 is 0 Å². The smallest absolute Gasteiger partial charge is 0.274 e. The first-order valence-electron chi connectivity index (χ1n) is 6.37. The van der Waals surface area contributed by atoms with E-state index in [1.54, 1.807) is 17.5 Å². The van der Waals surface area contributed by atoms with Crippen LogP contribution in [-0.2, 0) is 0 Å². The highest BCUT2D eigenvalue weighted by Gasteiger charge is 2.19. The third kappa shape index (κ3) is 2.65. The summed E-state index contributed by atoms with van der Waals surface area (Å²) < 4.78 is 1.71. The summed E-state index contributed by atoms with van der Waals surface area (Å²) >= 11 is 18.1. The van der Waals surface area contributed by atoms with Crippen LogP contribution in [-0.4, -0.2) is 15.3 Å². The molecule has 0 aliphatic carbocycles. The van der Waals surface area contributed by atoms with Gasteiger partial charge in [-0.05, 0) is 31.2 Å². The Labute approximate surface area is 141 Å². The van der Waals surface area contributed by atoms with Crippen molar-refractivity contribution in [2.45, 2.75) is 6.92 Å². The lowest BCUT2D eigenvalue weighted by atomic mass is 10.2. The molecule has 0 unspecified atom stereocenters. The molecule has 3 aromatic rings. The molecule has 7 heteroatoms. The SMILES string of the molecule is Cc1nc2ccccn2c1C(=O)Nc1c(Cl)cc(Cl)cc1Cl. The number of nitrogens with one attached hydrogen (secondary N) is 1. The second kappa shape index (κ2) is 5.80. The van der Waals surface area contributed by atoms with E-state index in [1.807, 2.05) is 18.2 Å². The number of amides is 1. The number of carbonyl (C=O) groups is 1. The van der Waals surface area contributed by atoms with Gasteiger partial charge in [-0.25, -0.2) is 4.98 Å². The van der Waals surface area contributed by atoms with E-state index in [2.05, 4.69) is 10.3 Å². The predicted molar refractivity (Wildman–Crippen MR) is 89.4 cm³/mol. The van der Waals surface area contributed by atoms with Crippen LogP contribution in [0.25, 0.3) is 5.65 Å². The number of nitrogens with zero attached hydrogens (tertiary/aromatic N) is 2.